The second-order valence-electron chi connectivity index (χ2n) is 6.43. The minimum atomic E-state index is -0.665. The monoisotopic (exact) mass is 419 g/mol. The van der Waals surface area contributed by atoms with E-state index in [0.29, 0.717) is 16.8 Å². The lowest BCUT2D eigenvalue weighted by Gasteiger charge is -2.11. The van der Waals surface area contributed by atoms with Crippen molar-refractivity contribution >= 4 is 35.0 Å². The third-order valence-corrected chi connectivity index (χ3v) is 4.18. The number of anilines is 1. The number of nitrogens with one attached hydrogen (secondary N) is 2. The highest BCUT2D eigenvalue weighted by molar-refractivity contribution is 6.10. The highest BCUT2D eigenvalue weighted by Gasteiger charge is 2.17. The van der Waals surface area contributed by atoms with E-state index in [1.807, 2.05) is 0 Å². The first-order chi connectivity index (χ1) is 14.8. The summed E-state index contributed by atoms with van der Waals surface area (Å²) in [6.07, 6.45) is 2.63. The molecule has 1 heterocycles. The van der Waals surface area contributed by atoms with E-state index in [0.717, 1.165) is 0 Å². The SMILES string of the molecule is CC(=O)c1ccc(NC(=O)/C(=C/c2cccc([N+](=O)[O-])c2)NC(=O)c2ccco2)cc1. The molecule has 9 nitrogen and oxygen atoms in total. The van der Waals surface area contributed by atoms with Gasteiger partial charge in [0, 0.05) is 23.4 Å². The van der Waals surface area contributed by atoms with Gasteiger partial charge in [-0.25, -0.2) is 0 Å². The van der Waals surface area contributed by atoms with Crippen LogP contribution in [0, 0.1) is 10.1 Å². The van der Waals surface area contributed by atoms with E-state index in [4.69, 9.17) is 4.42 Å². The summed E-state index contributed by atoms with van der Waals surface area (Å²) in [6.45, 7) is 1.43. The average Bonchev–Trinajstić information content (AvgIpc) is 3.29. The zero-order valence-electron chi connectivity index (χ0n) is 16.3. The molecule has 2 aromatic carbocycles. The zero-order valence-corrected chi connectivity index (χ0v) is 16.3. The third-order valence-electron chi connectivity index (χ3n) is 4.18. The average molecular weight is 419 g/mol. The molecular weight excluding hydrogens is 402 g/mol. The van der Waals surface area contributed by atoms with Crippen LogP contribution in [0.5, 0.6) is 0 Å². The molecule has 0 saturated heterocycles. The third kappa shape index (κ3) is 5.51. The van der Waals surface area contributed by atoms with Gasteiger partial charge >= 0.3 is 0 Å². The lowest BCUT2D eigenvalue weighted by Crippen LogP contribution is -2.30. The Morgan fingerprint density at radius 1 is 1.03 bits per heavy atom. The van der Waals surface area contributed by atoms with Gasteiger partial charge in [0.05, 0.1) is 11.2 Å². The van der Waals surface area contributed by atoms with Gasteiger partial charge in [-0.05, 0) is 55.0 Å². The van der Waals surface area contributed by atoms with E-state index >= 15 is 0 Å². The van der Waals surface area contributed by atoms with Crippen LogP contribution >= 0.6 is 0 Å². The molecule has 0 aliphatic carbocycles. The maximum absolute atomic E-state index is 12.8. The highest BCUT2D eigenvalue weighted by Crippen LogP contribution is 2.17. The van der Waals surface area contributed by atoms with Gasteiger partial charge in [-0.1, -0.05) is 12.1 Å². The molecule has 0 unspecified atom stereocenters. The fraction of sp³-hybridized carbons (Fsp3) is 0.0455. The number of carbonyl (C=O) groups excluding carboxylic acids is 3. The molecule has 31 heavy (non-hydrogen) atoms. The topological polar surface area (TPSA) is 132 Å². The number of carbonyl (C=O) groups is 3. The van der Waals surface area contributed by atoms with Crippen molar-refractivity contribution in [2.45, 2.75) is 6.92 Å². The van der Waals surface area contributed by atoms with Crippen molar-refractivity contribution in [2.75, 3.05) is 5.32 Å². The molecule has 0 fully saturated rings. The first-order valence-corrected chi connectivity index (χ1v) is 9.07. The quantitative estimate of drug-likeness (QED) is 0.259. The first-order valence-electron chi connectivity index (χ1n) is 9.07. The smallest absolute Gasteiger partial charge is 0.291 e. The summed E-state index contributed by atoms with van der Waals surface area (Å²) in [5, 5.41) is 16.1. The number of hydrogen-bond donors (Lipinski definition) is 2. The molecule has 2 amide bonds. The Morgan fingerprint density at radius 2 is 1.77 bits per heavy atom. The normalized spacial score (nSPS) is 10.9. The molecule has 0 aliphatic rings. The van der Waals surface area contributed by atoms with Gasteiger partial charge in [-0.2, -0.15) is 0 Å². The largest absolute Gasteiger partial charge is 0.459 e. The Kier molecular flexibility index (Phi) is 6.36. The number of Topliss-reactive ketones (excluding diaryl/α,β-unsaturated/α-hetero) is 1. The van der Waals surface area contributed by atoms with Crippen LogP contribution < -0.4 is 10.6 Å². The summed E-state index contributed by atoms with van der Waals surface area (Å²) < 4.78 is 5.04. The van der Waals surface area contributed by atoms with E-state index in [9.17, 15) is 24.5 Å². The van der Waals surface area contributed by atoms with Gasteiger partial charge in [0.25, 0.3) is 17.5 Å². The molecule has 3 rings (SSSR count). The molecular formula is C22H17N3O6. The van der Waals surface area contributed by atoms with Crippen LogP contribution in [0.1, 0.15) is 33.4 Å². The molecule has 0 atom stereocenters. The maximum atomic E-state index is 12.8. The number of nitrogens with zero attached hydrogens (tertiary/aromatic N) is 1. The van der Waals surface area contributed by atoms with Crippen molar-refractivity contribution in [3.05, 3.63) is 99.6 Å². The first kappa shape index (κ1) is 21.2. The minimum absolute atomic E-state index is 0.0106. The predicted octanol–water partition coefficient (Wildman–Crippen LogP) is 3.80. The lowest BCUT2D eigenvalue weighted by atomic mass is 10.1. The Labute approximate surface area is 176 Å². The standard InChI is InChI=1S/C22H17N3O6/c1-14(26)16-7-9-17(10-8-16)23-21(27)19(24-22(28)20-6-3-11-31-20)13-15-4-2-5-18(12-15)25(29)30/h2-13H,1H3,(H,23,27)(H,24,28)/b19-13-. The second-order valence-corrected chi connectivity index (χ2v) is 6.43. The number of nitro groups is 1. The highest BCUT2D eigenvalue weighted by atomic mass is 16.6. The summed E-state index contributed by atoms with van der Waals surface area (Å²) in [5.74, 6) is -1.45. The van der Waals surface area contributed by atoms with E-state index in [1.54, 1.807) is 30.3 Å². The van der Waals surface area contributed by atoms with Gasteiger partial charge in [0.15, 0.2) is 11.5 Å². The van der Waals surface area contributed by atoms with Crippen molar-refractivity contribution in [3.8, 4) is 0 Å². The number of ketones is 1. The summed E-state index contributed by atoms with van der Waals surface area (Å²) >= 11 is 0. The summed E-state index contributed by atoms with van der Waals surface area (Å²) in [7, 11) is 0. The van der Waals surface area contributed by atoms with Crippen LogP contribution in [0.4, 0.5) is 11.4 Å². The number of amides is 2. The van der Waals surface area contributed by atoms with Crippen molar-refractivity contribution < 1.29 is 23.7 Å². The van der Waals surface area contributed by atoms with Crippen LogP contribution in [0.3, 0.4) is 0 Å². The molecule has 9 heteroatoms. The molecule has 3 aromatic rings. The van der Waals surface area contributed by atoms with Crippen LogP contribution in [0.15, 0.2) is 77.0 Å². The van der Waals surface area contributed by atoms with Gasteiger partial charge in [0.2, 0.25) is 0 Å². The van der Waals surface area contributed by atoms with Crippen molar-refractivity contribution in [1.82, 2.24) is 5.32 Å². The molecule has 0 saturated carbocycles. The molecule has 0 radical (unpaired) electrons. The van der Waals surface area contributed by atoms with Gasteiger partial charge in [-0.3, -0.25) is 24.5 Å². The molecule has 0 aliphatic heterocycles. The number of nitro benzene ring substituents is 1. The zero-order chi connectivity index (χ0) is 22.4. The summed E-state index contributed by atoms with van der Waals surface area (Å²) in [5.41, 5.74) is 0.901. The van der Waals surface area contributed by atoms with Gasteiger partial charge < -0.3 is 15.1 Å². The van der Waals surface area contributed by atoms with E-state index in [1.165, 1.54) is 49.6 Å². The van der Waals surface area contributed by atoms with Crippen molar-refractivity contribution in [2.24, 2.45) is 0 Å². The van der Waals surface area contributed by atoms with Crippen LogP contribution in [-0.2, 0) is 4.79 Å². The van der Waals surface area contributed by atoms with Crippen LogP contribution in [0.2, 0.25) is 0 Å². The molecule has 2 N–H and O–H groups in total. The Hall–Kier alpha value is -4.53. The predicted molar refractivity (Wildman–Crippen MR) is 112 cm³/mol. The van der Waals surface area contributed by atoms with Crippen LogP contribution in [0.25, 0.3) is 6.08 Å². The minimum Gasteiger partial charge on any atom is -0.459 e. The maximum Gasteiger partial charge on any atom is 0.291 e. The Balaban J connectivity index is 1.89. The van der Waals surface area contributed by atoms with Gasteiger partial charge in [-0.15, -0.1) is 0 Å². The van der Waals surface area contributed by atoms with Crippen molar-refractivity contribution in [3.63, 3.8) is 0 Å². The van der Waals surface area contributed by atoms with E-state index in [-0.39, 0.29) is 22.9 Å². The second kappa shape index (κ2) is 9.31. The molecule has 0 bridgehead atoms. The Morgan fingerprint density at radius 3 is 2.39 bits per heavy atom. The summed E-state index contributed by atoms with van der Waals surface area (Å²) in [6, 6.07) is 14.8. The van der Waals surface area contributed by atoms with Gasteiger partial charge in [0.1, 0.15) is 5.70 Å². The Bertz CT molecular complexity index is 1160. The lowest BCUT2D eigenvalue weighted by molar-refractivity contribution is -0.384. The van der Waals surface area contributed by atoms with E-state index in [2.05, 4.69) is 10.6 Å². The molecule has 156 valence electrons. The fourth-order valence-electron chi connectivity index (χ4n) is 2.63. The number of furan rings is 1. The van der Waals surface area contributed by atoms with E-state index < -0.39 is 16.7 Å². The number of hydrogen-bond acceptors (Lipinski definition) is 6. The van der Waals surface area contributed by atoms with Crippen molar-refractivity contribution in [1.29, 1.82) is 0 Å². The number of benzene rings is 2. The molecule has 0 spiro atoms. The molecule has 1 aromatic heterocycles. The number of rotatable bonds is 7. The summed E-state index contributed by atoms with van der Waals surface area (Å²) in [4.78, 5) is 47.1. The number of non-ortho nitro benzene ring substituents is 1. The van der Waals surface area contributed by atoms with Crippen LogP contribution in [-0.4, -0.2) is 22.5 Å². The fourth-order valence-corrected chi connectivity index (χ4v) is 2.63.